The lowest BCUT2D eigenvalue weighted by atomic mass is 10.2. The highest BCUT2D eigenvalue weighted by molar-refractivity contribution is 7.91. The molecular formula is C18H26N4O4S. The van der Waals surface area contributed by atoms with Gasteiger partial charge in [-0.15, -0.1) is 0 Å². The first-order valence-electron chi connectivity index (χ1n) is 9.33. The van der Waals surface area contributed by atoms with Crippen LogP contribution in [0.4, 0.5) is 5.82 Å². The molecule has 0 aromatic carbocycles. The summed E-state index contributed by atoms with van der Waals surface area (Å²) in [7, 11) is -3.07. The highest BCUT2D eigenvalue weighted by atomic mass is 32.2. The topological polar surface area (TPSA) is 90.9 Å². The quantitative estimate of drug-likeness (QED) is 0.661. The molecule has 1 aromatic rings. The van der Waals surface area contributed by atoms with Crippen LogP contribution in [0.1, 0.15) is 19.8 Å². The van der Waals surface area contributed by atoms with E-state index in [-0.39, 0.29) is 35.8 Å². The minimum atomic E-state index is -3.07. The predicted molar refractivity (Wildman–Crippen MR) is 102 cm³/mol. The monoisotopic (exact) mass is 394 g/mol. The van der Waals surface area contributed by atoms with E-state index in [1.165, 1.54) is 0 Å². The molecule has 3 rings (SSSR count). The van der Waals surface area contributed by atoms with Crippen LogP contribution in [-0.2, 0) is 19.4 Å². The highest BCUT2D eigenvalue weighted by Crippen LogP contribution is 2.19. The van der Waals surface area contributed by atoms with Crippen molar-refractivity contribution in [2.75, 3.05) is 49.1 Å². The normalized spacial score (nSPS) is 21.9. The molecule has 1 aromatic heterocycles. The minimum Gasteiger partial charge on any atom is -0.353 e. The van der Waals surface area contributed by atoms with Crippen molar-refractivity contribution < 1.29 is 18.0 Å². The zero-order valence-corrected chi connectivity index (χ0v) is 16.4. The van der Waals surface area contributed by atoms with Crippen molar-refractivity contribution in [1.82, 2.24) is 14.8 Å². The van der Waals surface area contributed by atoms with Gasteiger partial charge >= 0.3 is 0 Å². The molecule has 27 heavy (non-hydrogen) atoms. The third kappa shape index (κ3) is 4.77. The number of hydrogen-bond acceptors (Lipinski definition) is 6. The summed E-state index contributed by atoms with van der Waals surface area (Å²) >= 11 is 0. The average Bonchev–Trinajstić information content (AvgIpc) is 3.02. The molecule has 0 radical (unpaired) electrons. The van der Waals surface area contributed by atoms with Crippen LogP contribution in [-0.4, -0.2) is 85.3 Å². The molecular weight excluding hydrogens is 368 g/mol. The van der Waals surface area contributed by atoms with Crippen LogP contribution in [0.5, 0.6) is 0 Å². The van der Waals surface area contributed by atoms with E-state index in [2.05, 4.69) is 9.88 Å². The van der Waals surface area contributed by atoms with Crippen LogP contribution in [0.3, 0.4) is 0 Å². The molecule has 3 heterocycles. The molecule has 0 bridgehead atoms. The van der Waals surface area contributed by atoms with Crippen molar-refractivity contribution in [1.29, 1.82) is 0 Å². The molecule has 0 N–H and O–H groups in total. The molecule has 2 saturated heterocycles. The molecule has 2 fully saturated rings. The number of hydrogen-bond donors (Lipinski definition) is 0. The Morgan fingerprint density at radius 2 is 1.96 bits per heavy atom. The Bertz CT molecular complexity index is 776. The van der Waals surface area contributed by atoms with Gasteiger partial charge in [0.2, 0.25) is 11.8 Å². The number of pyridine rings is 1. The standard InChI is InChI=1S/C18H26N4O4S/c1-2-22(15-6-12-27(25,26)14-15)18(24)13-17(23)21-10-8-20(9-11-21)16-5-3-4-7-19-16/h3-5,7,15H,2,6,8-14H2,1H3. The zero-order chi connectivity index (χ0) is 19.4. The number of carbonyl (C=O) groups is 2. The maximum absolute atomic E-state index is 12.6. The summed E-state index contributed by atoms with van der Waals surface area (Å²) in [5.74, 6) is 0.533. The number of nitrogens with zero attached hydrogens (tertiary/aromatic N) is 4. The smallest absolute Gasteiger partial charge is 0.232 e. The van der Waals surface area contributed by atoms with E-state index < -0.39 is 9.84 Å². The summed E-state index contributed by atoms with van der Waals surface area (Å²) in [6.07, 6.45) is 2.00. The first-order valence-corrected chi connectivity index (χ1v) is 11.2. The number of amides is 2. The molecule has 8 nitrogen and oxygen atoms in total. The van der Waals surface area contributed by atoms with E-state index in [1.807, 2.05) is 25.1 Å². The van der Waals surface area contributed by atoms with Crippen LogP contribution in [0.25, 0.3) is 0 Å². The van der Waals surface area contributed by atoms with Crippen molar-refractivity contribution in [2.45, 2.75) is 25.8 Å². The molecule has 148 valence electrons. The molecule has 0 aliphatic carbocycles. The van der Waals surface area contributed by atoms with E-state index in [1.54, 1.807) is 16.0 Å². The van der Waals surface area contributed by atoms with Gasteiger partial charge in [0.05, 0.1) is 11.5 Å². The first kappa shape index (κ1) is 19.6. The van der Waals surface area contributed by atoms with Crippen molar-refractivity contribution in [3.63, 3.8) is 0 Å². The second-order valence-electron chi connectivity index (χ2n) is 6.97. The van der Waals surface area contributed by atoms with Crippen LogP contribution < -0.4 is 4.90 Å². The maximum Gasteiger partial charge on any atom is 0.232 e. The molecule has 2 amide bonds. The molecule has 0 saturated carbocycles. The van der Waals surface area contributed by atoms with Gasteiger partial charge in [-0.05, 0) is 25.5 Å². The summed E-state index contributed by atoms with van der Waals surface area (Å²) < 4.78 is 23.4. The fourth-order valence-electron chi connectivity index (χ4n) is 3.73. The van der Waals surface area contributed by atoms with E-state index in [4.69, 9.17) is 0 Å². The summed E-state index contributed by atoms with van der Waals surface area (Å²) in [5.41, 5.74) is 0. The Kier molecular flexibility index (Phi) is 5.98. The Morgan fingerprint density at radius 1 is 1.22 bits per heavy atom. The van der Waals surface area contributed by atoms with Gasteiger partial charge in [-0.2, -0.15) is 0 Å². The minimum absolute atomic E-state index is 0.00349. The van der Waals surface area contributed by atoms with Gasteiger partial charge in [0.25, 0.3) is 0 Å². The number of sulfone groups is 1. The Hall–Kier alpha value is -2.16. The van der Waals surface area contributed by atoms with Gasteiger partial charge in [-0.25, -0.2) is 13.4 Å². The SMILES string of the molecule is CCN(C(=O)CC(=O)N1CCN(c2ccccn2)CC1)C1CCS(=O)(=O)C1. The second kappa shape index (κ2) is 8.24. The van der Waals surface area contributed by atoms with Gasteiger partial charge in [0.1, 0.15) is 12.2 Å². The van der Waals surface area contributed by atoms with Crippen LogP contribution in [0.15, 0.2) is 24.4 Å². The Labute approximate surface area is 160 Å². The van der Waals surface area contributed by atoms with E-state index in [0.717, 1.165) is 5.82 Å². The predicted octanol–water partition coefficient (Wildman–Crippen LogP) is 0.156. The average molecular weight is 394 g/mol. The first-order chi connectivity index (χ1) is 12.9. The number of piperazine rings is 1. The number of rotatable bonds is 5. The zero-order valence-electron chi connectivity index (χ0n) is 15.6. The van der Waals surface area contributed by atoms with E-state index in [9.17, 15) is 18.0 Å². The largest absolute Gasteiger partial charge is 0.353 e. The van der Waals surface area contributed by atoms with Gasteiger partial charge in [0.15, 0.2) is 9.84 Å². The molecule has 0 spiro atoms. The van der Waals surface area contributed by atoms with E-state index in [0.29, 0.717) is 39.1 Å². The van der Waals surface area contributed by atoms with Gasteiger partial charge in [-0.3, -0.25) is 9.59 Å². The third-order valence-electron chi connectivity index (χ3n) is 5.22. The van der Waals surface area contributed by atoms with Crippen LogP contribution >= 0.6 is 0 Å². The fourth-order valence-corrected chi connectivity index (χ4v) is 5.46. The van der Waals surface area contributed by atoms with Gasteiger partial charge < -0.3 is 14.7 Å². The number of aromatic nitrogens is 1. The lowest BCUT2D eigenvalue weighted by Gasteiger charge is -2.36. The molecule has 2 aliphatic rings. The number of anilines is 1. The van der Waals surface area contributed by atoms with Crippen molar-refractivity contribution >= 4 is 27.5 Å². The summed E-state index contributed by atoms with van der Waals surface area (Å²) in [6, 6.07) is 5.43. The third-order valence-corrected chi connectivity index (χ3v) is 6.97. The van der Waals surface area contributed by atoms with E-state index >= 15 is 0 Å². The van der Waals surface area contributed by atoms with Gasteiger partial charge in [-0.1, -0.05) is 6.07 Å². The van der Waals surface area contributed by atoms with Crippen LogP contribution in [0.2, 0.25) is 0 Å². The van der Waals surface area contributed by atoms with Crippen molar-refractivity contribution in [3.8, 4) is 0 Å². The lowest BCUT2D eigenvalue weighted by molar-refractivity contribution is -0.141. The van der Waals surface area contributed by atoms with Gasteiger partial charge in [0, 0.05) is 45.0 Å². The second-order valence-corrected chi connectivity index (χ2v) is 9.20. The summed E-state index contributed by atoms with van der Waals surface area (Å²) in [6.45, 7) is 4.68. The van der Waals surface area contributed by atoms with Crippen molar-refractivity contribution in [2.24, 2.45) is 0 Å². The number of carbonyl (C=O) groups excluding carboxylic acids is 2. The van der Waals surface area contributed by atoms with Crippen molar-refractivity contribution in [3.05, 3.63) is 24.4 Å². The fraction of sp³-hybridized carbons (Fsp3) is 0.611. The Morgan fingerprint density at radius 3 is 2.52 bits per heavy atom. The molecule has 1 atom stereocenters. The molecule has 2 aliphatic heterocycles. The summed E-state index contributed by atoms with van der Waals surface area (Å²) in [4.78, 5) is 34.8. The van der Waals surface area contributed by atoms with Crippen LogP contribution in [0, 0.1) is 0 Å². The maximum atomic E-state index is 12.6. The Balaban J connectivity index is 1.52. The summed E-state index contributed by atoms with van der Waals surface area (Å²) in [5, 5.41) is 0. The highest BCUT2D eigenvalue weighted by Gasteiger charge is 2.35. The molecule has 9 heteroatoms. The molecule has 1 unspecified atom stereocenters. The lowest BCUT2D eigenvalue weighted by Crippen LogP contribution is -2.50.